The van der Waals surface area contributed by atoms with Crippen molar-refractivity contribution < 1.29 is 22.7 Å². The van der Waals surface area contributed by atoms with Crippen LogP contribution in [0.1, 0.15) is 5.56 Å². The normalized spacial score (nSPS) is 22.8. The van der Waals surface area contributed by atoms with Crippen molar-refractivity contribution in [3.8, 4) is 5.75 Å². The predicted molar refractivity (Wildman–Crippen MR) is 108 cm³/mol. The van der Waals surface area contributed by atoms with Crippen LogP contribution in [0.2, 0.25) is 5.02 Å². The van der Waals surface area contributed by atoms with Crippen LogP contribution in [-0.4, -0.2) is 34.1 Å². The van der Waals surface area contributed by atoms with Gasteiger partial charge in [-0.15, -0.1) is 0 Å². The fourth-order valence-electron chi connectivity index (χ4n) is 3.74. The maximum Gasteiger partial charge on any atom is 0.241 e. The lowest BCUT2D eigenvalue weighted by molar-refractivity contribution is -0.115. The highest BCUT2D eigenvalue weighted by molar-refractivity contribution is 7.89. The predicted octanol–water partition coefficient (Wildman–Crippen LogP) is 2.44. The molecule has 1 saturated carbocycles. The molecule has 0 aromatic heterocycles. The van der Waals surface area contributed by atoms with Gasteiger partial charge in [0.05, 0.1) is 26.2 Å². The van der Waals surface area contributed by atoms with Crippen LogP contribution in [0.15, 0.2) is 47.4 Å². The molecule has 4 rings (SSSR count). The minimum Gasteiger partial charge on any atom is -0.492 e. The van der Waals surface area contributed by atoms with Gasteiger partial charge in [0, 0.05) is 16.6 Å². The summed E-state index contributed by atoms with van der Waals surface area (Å²) in [4.78, 5) is 12.2. The Bertz CT molecular complexity index is 1030. The first-order valence-electron chi connectivity index (χ1n) is 9.23. The fraction of sp³-hybridized carbons (Fsp3) is 0.350. The van der Waals surface area contributed by atoms with E-state index in [1.165, 1.54) is 12.1 Å². The number of ether oxygens (including phenoxy) is 2. The van der Waals surface area contributed by atoms with Crippen molar-refractivity contribution in [2.75, 3.05) is 25.1 Å². The average Bonchev–Trinajstić information content (AvgIpc) is 3.08. The second kappa shape index (κ2) is 7.95. The number of hydrogen-bond acceptors (Lipinski definition) is 5. The van der Waals surface area contributed by atoms with E-state index in [0.717, 1.165) is 13.2 Å². The van der Waals surface area contributed by atoms with Crippen LogP contribution in [0.25, 0.3) is 0 Å². The molecule has 0 bridgehead atoms. The molecule has 3 N–H and O–H groups in total. The topological polar surface area (TPSA) is 108 Å². The largest absolute Gasteiger partial charge is 0.492 e. The Kier molecular flexibility index (Phi) is 5.52. The number of anilines is 1. The first-order valence-corrected chi connectivity index (χ1v) is 11.2. The summed E-state index contributed by atoms with van der Waals surface area (Å²) in [6.07, 6.45) is 0.0646. The van der Waals surface area contributed by atoms with E-state index in [4.69, 9.17) is 26.2 Å². The molecule has 0 spiro atoms. The van der Waals surface area contributed by atoms with Gasteiger partial charge in [0.25, 0.3) is 0 Å². The van der Waals surface area contributed by atoms with Crippen LogP contribution in [0.3, 0.4) is 0 Å². The van der Waals surface area contributed by atoms with Gasteiger partial charge < -0.3 is 14.8 Å². The maximum atomic E-state index is 12.3. The van der Waals surface area contributed by atoms with Gasteiger partial charge in [-0.25, -0.2) is 13.6 Å². The molecule has 3 atom stereocenters. The summed E-state index contributed by atoms with van der Waals surface area (Å²) in [5, 5.41) is 8.53. The number of halogens is 1. The van der Waals surface area contributed by atoms with Gasteiger partial charge >= 0.3 is 0 Å². The maximum absolute atomic E-state index is 12.3. The van der Waals surface area contributed by atoms with E-state index in [0.29, 0.717) is 40.6 Å². The zero-order valence-electron chi connectivity index (χ0n) is 15.5. The zero-order valence-corrected chi connectivity index (χ0v) is 17.1. The molecular formula is C20H21ClN2O5S. The Morgan fingerprint density at radius 2 is 1.93 bits per heavy atom. The molecule has 29 heavy (non-hydrogen) atoms. The van der Waals surface area contributed by atoms with Gasteiger partial charge in [-0.1, -0.05) is 29.8 Å². The molecule has 2 fully saturated rings. The standard InChI is InChI=1S/C20H21ClN2O5S/c21-17-4-2-1-3-12(17)7-20(24)23-13-5-6-18(19(8-13)29(22,25)26)28-11-16-14-9-27-10-15(14)16/h1-6,8,14-16H,7,9-11H2,(H,23,24)(H2,22,25,26)/t14-,15+,16+. The van der Waals surface area contributed by atoms with E-state index >= 15 is 0 Å². The van der Waals surface area contributed by atoms with Gasteiger partial charge in [0.2, 0.25) is 15.9 Å². The molecule has 1 aliphatic carbocycles. The van der Waals surface area contributed by atoms with Crippen LogP contribution < -0.4 is 15.2 Å². The third-order valence-electron chi connectivity index (χ3n) is 5.40. The molecule has 1 amide bonds. The van der Waals surface area contributed by atoms with Gasteiger partial charge in [0.15, 0.2) is 0 Å². The van der Waals surface area contributed by atoms with Crippen molar-refractivity contribution in [2.24, 2.45) is 22.9 Å². The summed E-state index contributed by atoms with van der Waals surface area (Å²) in [6, 6.07) is 11.4. The first kappa shape index (κ1) is 20.2. The fourth-order valence-corrected chi connectivity index (χ4v) is 4.64. The highest BCUT2D eigenvalue weighted by Crippen LogP contribution is 2.50. The molecule has 1 saturated heterocycles. The lowest BCUT2D eigenvalue weighted by Gasteiger charge is -2.13. The van der Waals surface area contributed by atoms with E-state index in [1.807, 2.05) is 0 Å². The third kappa shape index (κ3) is 4.56. The van der Waals surface area contributed by atoms with E-state index < -0.39 is 10.0 Å². The molecule has 0 unspecified atom stereocenters. The highest BCUT2D eigenvalue weighted by atomic mass is 35.5. The molecule has 0 radical (unpaired) electrons. The van der Waals surface area contributed by atoms with Crippen LogP contribution in [0, 0.1) is 17.8 Å². The second-order valence-electron chi connectivity index (χ2n) is 7.36. The molecule has 1 heterocycles. The first-order chi connectivity index (χ1) is 13.8. The summed E-state index contributed by atoms with van der Waals surface area (Å²) in [5.41, 5.74) is 0.993. The summed E-state index contributed by atoms with van der Waals surface area (Å²) in [7, 11) is -4.03. The quantitative estimate of drug-likeness (QED) is 0.693. The Hall–Kier alpha value is -2.13. The number of carbonyl (C=O) groups is 1. The smallest absolute Gasteiger partial charge is 0.241 e. The van der Waals surface area contributed by atoms with Crippen LogP contribution in [-0.2, 0) is 26.0 Å². The highest BCUT2D eigenvalue weighted by Gasteiger charge is 2.54. The Morgan fingerprint density at radius 1 is 1.21 bits per heavy atom. The second-order valence-corrected chi connectivity index (χ2v) is 9.30. The number of carbonyl (C=O) groups excluding carboxylic acids is 1. The summed E-state index contributed by atoms with van der Waals surface area (Å²) in [5.74, 6) is 1.24. The average molecular weight is 437 g/mol. The van der Waals surface area contributed by atoms with Crippen molar-refractivity contribution in [2.45, 2.75) is 11.3 Å². The molecule has 2 aromatic carbocycles. The van der Waals surface area contributed by atoms with E-state index in [2.05, 4.69) is 5.32 Å². The minimum absolute atomic E-state index is 0.0646. The molecular weight excluding hydrogens is 416 g/mol. The number of fused-ring (bicyclic) bond motifs is 1. The van der Waals surface area contributed by atoms with E-state index in [9.17, 15) is 13.2 Å². The number of nitrogens with two attached hydrogens (primary N) is 1. The minimum atomic E-state index is -4.03. The summed E-state index contributed by atoms with van der Waals surface area (Å²) in [6.45, 7) is 1.88. The molecule has 154 valence electrons. The van der Waals surface area contributed by atoms with Crippen LogP contribution in [0.4, 0.5) is 5.69 Å². The number of rotatable bonds is 7. The molecule has 7 nitrogen and oxygen atoms in total. The Morgan fingerprint density at radius 3 is 2.62 bits per heavy atom. The number of nitrogens with one attached hydrogen (secondary N) is 1. The van der Waals surface area contributed by atoms with Crippen LogP contribution >= 0.6 is 11.6 Å². The lowest BCUT2D eigenvalue weighted by Crippen LogP contribution is -2.18. The molecule has 2 aliphatic rings. The van der Waals surface area contributed by atoms with Crippen LogP contribution in [0.5, 0.6) is 5.75 Å². The molecule has 2 aromatic rings. The van der Waals surface area contributed by atoms with Crippen molar-refractivity contribution in [3.63, 3.8) is 0 Å². The van der Waals surface area contributed by atoms with Gasteiger partial charge in [-0.2, -0.15) is 0 Å². The van der Waals surface area contributed by atoms with Crippen molar-refractivity contribution >= 4 is 33.2 Å². The SMILES string of the molecule is NS(=O)(=O)c1cc(NC(=O)Cc2ccccc2Cl)ccc1OC[C@H]1[C@@H]2COC[C@@H]21. The Labute approximate surface area is 174 Å². The van der Waals surface area contributed by atoms with Crippen molar-refractivity contribution in [1.29, 1.82) is 0 Å². The summed E-state index contributed by atoms with van der Waals surface area (Å²) < 4.78 is 35.2. The number of amides is 1. The van der Waals surface area contributed by atoms with E-state index in [-0.39, 0.29) is 23.0 Å². The lowest BCUT2D eigenvalue weighted by atomic mass is 10.1. The monoisotopic (exact) mass is 436 g/mol. The van der Waals surface area contributed by atoms with E-state index in [1.54, 1.807) is 30.3 Å². The van der Waals surface area contributed by atoms with Gasteiger partial charge in [0.1, 0.15) is 10.6 Å². The third-order valence-corrected chi connectivity index (χ3v) is 6.70. The molecule has 9 heteroatoms. The Balaban J connectivity index is 1.45. The molecule has 1 aliphatic heterocycles. The number of benzene rings is 2. The summed E-state index contributed by atoms with van der Waals surface area (Å²) >= 11 is 6.08. The number of primary sulfonamides is 1. The van der Waals surface area contributed by atoms with Crippen molar-refractivity contribution in [3.05, 3.63) is 53.1 Å². The van der Waals surface area contributed by atoms with Gasteiger partial charge in [-0.05, 0) is 41.7 Å². The van der Waals surface area contributed by atoms with Gasteiger partial charge in [-0.3, -0.25) is 4.79 Å². The zero-order chi connectivity index (χ0) is 20.6. The number of sulfonamides is 1. The van der Waals surface area contributed by atoms with Crippen molar-refractivity contribution in [1.82, 2.24) is 0 Å². The number of hydrogen-bond donors (Lipinski definition) is 2.